The number of likely N-dealkylation sites (tertiary alicyclic amines) is 1. The maximum Gasteiger partial charge on any atom is 0.251 e. The number of nitrogens with zero attached hydrogens (tertiary/aromatic N) is 3. The molecule has 1 spiro atoms. The third-order valence-electron chi connectivity index (χ3n) is 8.15. The summed E-state index contributed by atoms with van der Waals surface area (Å²) in [6.45, 7) is 11.7. The van der Waals surface area contributed by atoms with Crippen LogP contribution in [0.15, 0.2) is 43.5 Å². The number of hydrogen-bond acceptors (Lipinski definition) is 5. The molecule has 3 saturated heterocycles. The van der Waals surface area contributed by atoms with Crippen molar-refractivity contribution < 1.29 is 19.5 Å². The van der Waals surface area contributed by atoms with E-state index in [1.807, 2.05) is 26.0 Å². The topological polar surface area (TPSA) is 81.2 Å². The van der Waals surface area contributed by atoms with Gasteiger partial charge in [0.1, 0.15) is 6.04 Å². The maximum absolute atomic E-state index is 14.6. The fraction of sp³-hybridized carbons (Fsp3) is 0.536. The SMILES string of the molecule is C=CCN(C)C(=O)[C@@H]1[C@@H]2CCC3(S2)C(C(=O)N(CC=C)c2c(C)cccc2Cl)N([C@@H](CC)CO)C(=O)[C@H]13. The van der Waals surface area contributed by atoms with Crippen LogP contribution in [0.5, 0.6) is 0 Å². The molecule has 1 aromatic carbocycles. The molecule has 3 amide bonds. The number of fused-ring (bicyclic) bond motifs is 1. The summed E-state index contributed by atoms with van der Waals surface area (Å²) >= 11 is 8.22. The molecule has 0 saturated carbocycles. The summed E-state index contributed by atoms with van der Waals surface area (Å²) in [5.41, 5.74) is 1.43. The Morgan fingerprint density at radius 3 is 2.59 bits per heavy atom. The van der Waals surface area contributed by atoms with Crippen LogP contribution in [0.2, 0.25) is 5.02 Å². The van der Waals surface area contributed by atoms with Gasteiger partial charge in [-0.2, -0.15) is 0 Å². The van der Waals surface area contributed by atoms with Crippen LogP contribution in [0.25, 0.3) is 0 Å². The molecule has 0 aliphatic carbocycles. The van der Waals surface area contributed by atoms with Gasteiger partial charge in [-0.05, 0) is 37.8 Å². The number of amides is 3. The first-order valence-electron chi connectivity index (χ1n) is 12.8. The molecule has 6 atom stereocenters. The predicted molar refractivity (Wildman–Crippen MR) is 149 cm³/mol. The average Bonchev–Trinajstić information content (AvgIpc) is 3.51. The lowest BCUT2D eigenvalue weighted by atomic mass is 9.70. The van der Waals surface area contributed by atoms with E-state index in [0.717, 1.165) is 12.0 Å². The normalized spacial score (nSPS) is 28.7. The van der Waals surface area contributed by atoms with Crippen molar-refractivity contribution in [3.05, 3.63) is 54.1 Å². The largest absolute Gasteiger partial charge is 0.394 e. The summed E-state index contributed by atoms with van der Waals surface area (Å²) in [5, 5.41) is 10.7. The fourth-order valence-corrected chi connectivity index (χ4v) is 9.05. The van der Waals surface area contributed by atoms with E-state index in [4.69, 9.17) is 11.6 Å². The zero-order valence-electron chi connectivity index (χ0n) is 21.7. The quantitative estimate of drug-likeness (QED) is 0.454. The molecule has 3 aliphatic heterocycles. The molecule has 7 nitrogen and oxygen atoms in total. The lowest BCUT2D eigenvalue weighted by Gasteiger charge is -2.40. The van der Waals surface area contributed by atoms with Crippen LogP contribution < -0.4 is 4.90 Å². The molecule has 0 radical (unpaired) electrons. The summed E-state index contributed by atoms with van der Waals surface area (Å²) in [7, 11) is 1.72. The summed E-state index contributed by atoms with van der Waals surface area (Å²) in [4.78, 5) is 47.2. The van der Waals surface area contributed by atoms with E-state index in [2.05, 4.69) is 13.2 Å². The zero-order chi connectivity index (χ0) is 27.1. The van der Waals surface area contributed by atoms with E-state index in [1.54, 1.807) is 51.7 Å². The summed E-state index contributed by atoms with van der Waals surface area (Å²) in [6.07, 6.45) is 5.22. The molecular weight excluding hydrogens is 510 g/mol. The highest BCUT2D eigenvalue weighted by Gasteiger charge is 2.74. The van der Waals surface area contributed by atoms with Crippen LogP contribution in [0.1, 0.15) is 31.7 Å². The minimum absolute atomic E-state index is 0.0322. The van der Waals surface area contributed by atoms with Crippen LogP contribution in [-0.4, -0.2) is 81.5 Å². The zero-order valence-corrected chi connectivity index (χ0v) is 23.3. The Morgan fingerprint density at radius 1 is 1.30 bits per heavy atom. The van der Waals surface area contributed by atoms with E-state index in [0.29, 0.717) is 30.1 Å². The molecule has 0 aromatic heterocycles. The van der Waals surface area contributed by atoms with Gasteiger partial charge in [-0.15, -0.1) is 24.9 Å². The van der Waals surface area contributed by atoms with Gasteiger partial charge in [-0.3, -0.25) is 14.4 Å². The van der Waals surface area contributed by atoms with Crippen molar-refractivity contribution in [2.75, 3.05) is 31.6 Å². The third kappa shape index (κ3) is 4.31. The molecule has 3 heterocycles. The molecule has 1 N–H and O–H groups in total. The molecule has 2 bridgehead atoms. The van der Waals surface area contributed by atoms with E-state index in [-0.39, 0.29) is 36.1 Å². The van der Waals surface area contributed by atoms with E-state index >= 15 is 0 Å². The number of halogens is 1. The smallest absolute Gasteiger partial charge is 0.251 e. The number of thioether (sulfide) groups is 1. The number of benzene rings is 1. The first-order valence-corrected chi connectivity index (χ1v) is 14.1. The van der Waals surface area contributed by atoms with Crippen molar-refractivity contribution in [3.63, 3.8) is 0 Å². The van der Waals surface area contributed by atoms with Crippen LogP contribution >= 0.6 is 23.4 Å². The Bertz CT molecular complexity index is 1090. The minimum atomic E-state index is -0.824. The minimum Gasteiger partial charge on any atom is -0.394 e. The molecule has 2 unspecified atom stereocenters. The molecule has 37 heavy (non-hydrogen) atoms. The van der Waals surface area contributed by atoms with Crippen LogP contribution in [0.3, 0.4) is 0 Å². The number of hydrogen-bond donors (Lipinski definition) is 1. The van der Waals surface area contributed by atoms with Gasteiger partial charge in [0.15, 0.2) is 0 Å². The standard InChI is InChI=1S/C28H36ClN3O4S/c1-6-14-30(5)25(34)21-20-12-13-28(37-20)22(21)26(35)32(18(8-3)16-33)24(28)27(36)31(15-7-2)23-17(4)10-9-11-19(23)29/h6-7,9-11,18,20-22,24,33H,1-2,8,12-16H2,3-5H3/t18-,20-,21+,22-,24?,28?/m0/s1. The van der Waals surface area contributed by atoms with Crippen molar-refractivity contribution in [3.8, 4) is 0 Å². The Hall–Kier alpha value is -2.29. The number of aliphatic hydroxyl groups is 1. The average molecular weight is 546 g/mol. The number of rotatable bonds is 10. The molecule has 9 heteroatoms. The number of aliphatic hydroxyl groups excluding tert-OH is 1. The highest BCUT2D eigenvalue weighted by Crippen LogP contribution is 2.67. The van der Waals surface area contributed by atoms with Gasteiger partial charge in [-0.1, -0.05) is 42.8 Å². The Kier molecular flexibility index (Phi) is 8.12. The number of anilines is 1. The van der Waals surface area contributed by atoms with Gasteiger partial charge in [-0.25, -0.2) is 0 Å². The number of carbonyl (C=O) groups excluding carboxylic acids is 3. The van der Waals surface area contributed by atoms with Crippen molar-refractivity contribution in [1.82, 2.24) is 9.80 Å². The van der Waals surface area contributed by atoms with Gasteiger partial charge in [0, 0.05) is 25.4 Å². The first-order chi connectivity index (χ1) is 17.7. The second-order valence-corrected chi connectivity index (χ2v) is 12.2. The summed E-state index contributed by atoms with van der Waals surface area (Å²) in [6, 6.07) is 4.12. The predicted octanol–water partition coefficient (Wildman–Crippen LogP) is 3.67. The van der Waals surface area contributed by atoms with Gasteiger partial charge in [0.25, 0.3) is 5.91 Å². The highest BCUT2D eigenvalue weighted by atomic mass is 35.5. The van der Waals surface area contributed by atoms with Crippen molar-refractivity contribution in [2.45, 2.75) is 55.2 Å². The van der Waals surface area contributed by atoms with Gasteiger partial charge >= 0.3 is 0 Å². The second kappa shape index (κ2) is 10.8. The third-order valence-corrected chi connectivity index (χ3v) is 10.4. The van der Waals surface area contributed by atoms with Crippen LogP contribution in [-0.2, 0) is 14.4 Å². The Morgan fingerprint density at radius 2 is 2.00 bits per heavy atom. The Labute approximate surface area is 228 Å². The molecule has 3 aliphatic rings. The number of likely N-dealkylation sites (N-methyl/N-ethyl adjacent to an activating group) is 1. The van der Waals surface area contributed by atoms with E-state index in [9.17, 15) is 19.5 Å². The van der Waals surface area contributed by atoms with Gasteiger partial charge in [0.2, 0.25) is 11.8 Å². The van der Waals surface area contributed by atoms with Crippen LogP contribution in [0, 0.1) is 18.8 Å². The van der Waals surface area contributed by atoms with E-state index < -0.39 is 28.7 Å². The highest BCUT2D eigenvalue weighted by molar-refractivity contribution is 8.02. The van der Waals surface area contributed by atoms with Gasteiger partial charge < -0.3 is 19.8 Å². The second-order valence-electron chi connectivity index (χ2n) is 10.2. The first kappa shape index (κ1) is 27.7. The number of carbonyl (C=O) groups is 3. The fourth-order valence-electron chi connectivity index (χ4n) is 6.53. The lowest BCUT2D eigenvalue weighted by molar-refractivity contribution is -0.144. The Balaban J connectivity index is 1.84. The number of para-hydroxylation sites is 1. The lowest BCUT2D eigenvalue weighted by Crippen LogP contribution is -2.57. The summed E-state index contributed by atoms with van der Waals surface area (Å²) < 4.78 is -0.745. The monoisotopic (exact) mass is 545 g/mol. The van der Waals surface area contributed by atoms with Crippen molar-refractivity contribution in [1.29, 1.82) is 0 Å². The maximum atomic E-state index is 14.6. The van der Waals surface area contributed by atoms with Gasteiger partial charge in [0.05, 0.1) is 39.9 Å². The van der Waals surface area contributed by atoms with Crippen molar-refractivity contribution in [2.24, 2.45) is 11.8 Å². The molecule has 4 rings (SSSR count). The number of aryl methyl sites for hydroxylation is 1. The van der Waals surface area contributed by atoms with Crippen molar-refractivity contribution >= 4 is 46.8 Å². The molecule has 200 valence electrons. The molecular formula is C28H36ClN3O4S. The van der Waals surface area contributed by atoms with Crippen LogP contribution in [0.4, 0.5) is 5.69 Å². The summed E-state index contributed by atoms with van der Waals surface area (Å²) in [5.74, 6) is -1.69. The van der Waals surface area contributed by atoms with E-state index in [1.165, 1.54) is 0 Å². The molecule has 1 aromatic rings. The molecule has 3 fully saturated rings.